The number of rotatable bonds is 5. The van der Waals surface area contributed by atoms with Crippen molar-refractivity contribution in [2.24, 2.45) is 0 Å². The zero-order chi connectivity index (χ0) is 22.8. The fourth-order valence-electron chi connectivity index (χ4n) is 3.61. The molecule has 0 bridgehead atoms. The van der Waals surface area contributed by atoms with Crippen LogP contribution in [0, 0.1) is 24.0 Å². The zero-order valence-electron chi connectivity index (χ0n) is 17.6. The van der Waals surface area contributed by atoms with Crippen LogP contribution in [-0.2, 0) is 4.79 Å². The van der Waals surface area contributed by atoms with Gasteiger partial charge in [0.15, 0.2) is 0 Å². The third-order valence-electron chi connectivity index (χ3n) is 5.27. The van der Waals surface area contributed by atoms with Crippen LogP contribution in [0.4, 0.5) is 17.1 Å². The molecule has 0 radical (unpaired) electrons. The molecule has 0 spiro atoms. The summed E-state index contributed by atoms with van der Waals surface area (Å²) in [4.78, 5) is 37.5. The van der Waals surface area contributed by atoms with Crippen LogP contribution >= 0.6 is 11.8 Å². The highest BCUT2D eigenvalue weighted by Crippen LogP contribution is 2.42. The highest BCUT2D eigenvalue weighted by atomic mass is 32.2. The Morgan fingerprint density at radius 3 is 2.53 bits per heavy atom. The molecule has 3 aromatic rings. The van der Waals surface area contributed by atoms with Crippen LogP contribution < -0.4 is 10.2 Å². The van der Waals surface area contributed by atoms with Gasteiger partial charge in [-0.15, -0.1) is 11.8 Å². The number of amides is 2. The van der Waals surface area contributed by atoms with E-state index < -0.39 is 10.8 Å². The third-order valence-corrected chi connectivity index (χ3v) is 6.48. The molecule has 3 aromatic carbocycles. The lowest BCUT2D eigenvalue weighted by atomic mass is 10.1. The zero-order valence-corrected chi connectivity index (χ0v) is 18.4. The summed E-state index contributed by atoms with van der Waals surface area (Å²) in [7, 11) is 0. The summed E-state index contributed by atoms with van der Waals surface area (Å²) in [6.45, 7) is 3.62. The van der Waals surface area contributed by atoms with Crippen molar-refractivity contribution >= 4 is 40.6 Å². The van der Waals surface area contributed by atoms with Gasteiger partial charge in [-0.3, -0.25) is 24.6 Å². The van der Waals surface area contributed by atoms with Gasteiger partial charge in [-0.1, -0.05) is 30.3 Å². The van der Waals surface area contributed by atoms with E-state index in [0.717, 1.165) is 16.8 Å². The highest BCUT2D eigenvalue weighted by Gasteiger charge is 2.34. The second-order valence-electron chi connectivity index (χ2n) is 7.60. The predicted octanol–water partition coefficient (Wildman–Crippen LogP) is 5.24. The first-order valence-corrected chi connectivity index (χ1v) is 11.0. The molecule has 7 nitrogen and oxygen atoms in total. The van der Waals surface area contributed by atoms with E-state index in [-0.39, 0.29) is 22.5 Å². The van der Waals surface area contributed by atoms with Gasteiger partial charge in [-0.2, -0.15) is 0 Å². The van der Waals surface area contributed by atoms with Crippen molar-refractivity contribution in [1.29, 1.82) is 0 Å². The first kappa shape index (κ1) is 21.6. The molecule has 1 heterocycles. The number of nitro benzene ring substituents is 1. The molecule has 4 rings (SSSR count). The average Bonchev–Trinajstić information content (AvgIpc) is 3.15. The number of nitrogens with zero attached hydrogens (tertiary/aromatic N) is 2. The number of thioether (sulfide) groups is 1. The highest BCUT2D eigenvalue weighted by molar-refractivity contribution is 8.00. The Balaban J connectivity index is 1.52. The van der Waals surface area contributed by atoms with Gasteiger partial charge >= 0.3 is 0 Å². The largest absolute Gasteiger partial charge is 0.322 e. The van der Waals surface area contributed by atoms with Crippen molar-refractivity contribution in [2.45, 2.75) is 19.2 Å². The number of hydrogen-bond donors (Lipinski definition) is 1. The number of carbonyl (C=O) groups is 2. The van der Waals surface area contributed by atoms with Crippen molar-refractivity contribution in [2.75, 3.05) is 16.0 Å². The number of carbonyl (C=O) groups excluding carboxylic acids is 2. The third kappa shape index (κ3) is 4.36. The quantitative estimate of drug-likeness (QED) is 0.426. The predicted molar refractivity (Wildman–Crippen MR) is 126 cm³/mol. The molecule has 2 amide bonds. The molecule has 1 atom stereocenters. The lowest BCUT2D eigenvalue weighted by molar-refractivity contribution is -0.385. The minimum Gasteiger partial charge on any atom is -0.322 e. The standard InChI is InChI=1S/C24H21N3O4S/c1-15-4-3-5-20(12-15)26-22(28)14-32-24(26)17-8-10-19(11-9-17)25-23(29)18-7-6-16(2)21(13-18)27(30)31/h3-13,24H,14H2,1-2H3,(H,25,29). The second kappa shape index (κ2) is 8.84. The van der Waals surface area contributed by atoms with Gasteiger partial charge < -0.3 is 5.32 Å². The first-order chi connectivity index (χ1) is 15.3. The van der Waals surface area contributed by atoms with Crippen LogP contribution in [0.1, 0.15) is 32.4 Å². The minimum absolute atomic E-state index is 0.0592. The molecule has 1 aliphatic rings. The molecule has 8 heteroatoms. The SMILES string of the molecule is Cc1cccc(N2C(=O)CSC2c2ccc(NC(=O)c3ccc(C)c([N+](=O)[O-])c3)cc2)c1. The Morgan fingerprint density at radius 2 is 1.84 bits per heavy atom. The van der Waals surface area contributed by atoms with Crippen LogP contribution in [0.25, 0.3) is 0 Å². The molecule has 1 fully saturated rings. The number of benzene rings is 3. The van der Waals surface area contributed by atoms with E-state index in [1.54, 1.807) is 47.9 Å². The number of nitrogens with one attached hydrogen (secondary N) is 1. The van der Waals surface area contributed by atoms with Gasteiger partial charge in [-0.05, 0) is 55.3 Å². The van der Waals surface area contributed by atoms with E-state index in [0.29, 0.717) is 17.0 Å². The fraction of sp³-hybridized carbons (Fsp3) is 0.167. The van der Waals surface area contributed by atoms with Gasteiger partial charge in [0, 0.05) is 28.6 Å². The van der Waals surface area contributed by atoms with Crippen LogP contribution in [-0.4, -0.2) is 22.5 Å². The van der Waals surface area contributed by atoms with Crippen molar-refractivity contribution < 1.29 is 14.5 Å². The first-order valence-electron chi connectivity index (χ1n) is 10.00. The fourth-order valence-corrected chi connectivity index (χ4v) is 4.79. The molecule has 0 aliphatic carbocycles. The molecular weight excluding hydrogens is 426 g/mol. The van der Waals surface area contributed by atoms with Crippen LogP contribution in [0.2, 0.25) is 0 Å². The Bertz CT molecular complexity index is 1210. The molecule has 1 N–H and O–H groups in total. The molecule has 1 saturated heterocycles. The normalized spacial score (nSPS) is 15.6. The van der Waals surface area contributed by atoms with Crippen molar-refractivity contribution in [1.82, 2.24) is 0 Å². The van der Waals surface area contributed by atoms with Crippen LogP contribution in [0.3, 0.4) is 0 Å². The monoisotopic (exact) mass is 447 g/mol. The summed E-state index contributed by atoms with van der Waals surface area (Å²) in [5, 5.41) is 13.8. The molecular formula is C24H21N3O4S. The van der Waals surface area contributed by atoms with Gasteiger partial charge in [0.25, 0.3) is 11.6 Å². The number of nitro groups is 1. The minimum atomic E-state index is -0.499. The van der Waals surface area contributed by atoms with Crippen LogP contribution in [0.15, 0.2) is 66.7 Å². The van der Waals surface area contributed by atoms with Crippen molar-refractivity contribution in [3.8, 4) is 0 Å². The molecule has 32 heavy (non-hydrogen) atoms. The lowest BCUT2D eigenvalue weighted by Crippen LogP contribution is -2.27. The number of aryl methyl sites for hydroxylation is 2. The van der Waals surface area contributed by atoms with Gasteiger partial charge in [0.2, 0.25) is 5.91 Å². The Kier molecular flexibility index (Phi) is 5.96. The second-order valence-corrected chi connectivity index (χ2v) is 8.67. The summed E-state index contributed by atoms with van der Waals surface area (Å²) < 4.78 is 0. The van der Waals surface area contributed by atoms with Gasteiger partial charge in [-0.25, -0.2) is 0 Å². The van der Waals surface area contributed by atoms with E-state index in [1.165, 1.54) is 6.07 Å². The smallest absolute Gasteiger partial charge is 0.273 e. The lowest BCUT2D eigenvalue weighted by Gasteiger charge is -2.25. The van der Waals surface area contributed by atoms with E-state index in [1.807, 2.05) is 43.3 Å². The summed E-state index contributed by atoms with van der Waals surface area (Å²) >= 11 is 1.56. The topological polar surface area (TPSA) is 92.6 Å². The number of anilines is 2. The molecule has 1 aliphatic heterocycles. The molecule has 162 valence electrons. The summed E-state index contributed by atoms with van der Waals surface area (Å²) in [6, 6.07) is 19.6. The van der Waals surface area contributed by atoms with E-state index in [2.05, 4.69) is 5.32 Å². The van der Waals surface area contributed by atoms with Crippen LogP contribution in [0.5, 0.6) is 0 Å². The van der Waals surface area contributed by atoms with Gasteiger partial charge in [0.1, 0.15) is 5.37 Å². The summed E-state index contributed by atoms with van der Waals surface area (Å²) in [6.07, 6.45) is 0. The molecule has 1 unspecified atom stereocenters. The Hall–Kier alpha value is -3.65. The van der Waals surface area contributed by atoms with Gasteiger partial charge in [0.05, 0.1) is 10.7 Å². The van der Waals surface area contributed by atoms with Crippen molar-refractivity contribution in [3.05, 3.63) is 99.1 Å². The molecule has 0 aromatic heterocycles. The maximum atomic E-state index is 12.6. The molecule has 0 saturated carbocycles. The Labute approximate surface area is 189 Å². The van der Waals surface area contributed by atoms with Crippen molar-refractivity contribution in [3.63, 3.8) is 0 Å². The maximum absolute atomic E-state index is 12.6. The van der Waals surface area contributed by atoms with E-state index in [4.69, 9.17) is 0 Å². The summed E-state index contributed by atoms with van der Waals surface area (Å²) in [5.41, 5.74) is 4.09. The van der Waals surface area contributed by atoms with E-state index in [9.17, 15) is 19.7 Å². The maximum Gasteiger partial charge on any atom is 0.273 e. The van der Waals surface area contributed by atoms with E-state index >= 15 is 0 Å². The number of hydrogen-bond acceptors (Lipinski definition) is 5. The summed E-state index contributed by atoms with van der Waals surface area (Å²) in [5.74, 6) is 0.0418. The Morgan fingerprint density at radius 1 is 1.09 bits per heavy atom. The average molecular weight is 448 g/mol.